The molecule has 1 aromatic carbocycles. The van der Waals surface area contributed by atoms with Gasteiger partial charge < -0.3 is 24.1 Å². The summed E-state index contributed by atoms with van der Waals surface area (Å²) in [5.41, 5.74) is 0.832. The number of hydrogen-bond acceptors (Lipinski definition) is 4. The van der Waals surface area contributed by atoms with Gasteiger partial charge in [0.15, 0.2) is 17.5 Å². The van der Waals surface area contributed by atoms with Crippen molar-refractivity contribution in [2.75, 3.05) is 41.0 Å². The minimum Gasteiger partial charge on any atom is -0.494 e. The standard InChI is InChI=1S/C19H26FN3O3.HI/c1-23(14-15-6-7-18(25-3)17(20)13-15)19(22-10-12-24-2)21-9-8-16-5-4-11-26-16;/h4-7,11,13H,8-10,12,14H2,1-3H3,(H,21,22);1H. The van der Waals surface area contributed by atoms with Gasteiger partial charge in [-0.05, 0) is 29.8 Å². The van der Waals surface area contributed by atoms with Crippen LogP contribution < -0.4 is 10.1 Å². The monoisotopic (exact) mass is 491 g/mol. The van der Waals surface area contributed by atoms with E-state index in [1.165, 1.54) is 13.2 Å². The largest absolute Gasteiger partial charge is 0.494 e. The SMILES string of the molecule is COCCN=C(NCCc1ccco1)N(C)Cc1ccc(OC)c(F)c1.I. The molecule has 27 heavy (non-hydrogen) atoms. The van der Waals surface area contributed by atoms with Crippen LogP contribution in [0.5, 0.6) is 5.75 Å². The Morgan fingerprint density at radius 3 is 2.74 bits per heavy atom. The van der Waals surface area contributed by atoms with Crippen molar-refractivity contribution in [1.29, 1.82) is 0 Å². The highest BCUT2D eigenvalue weighted by Crippen LogP contribution is 2.18. The third kappa shape index (κ3) is 7.76. The number of nitrogens with one attached hydrogen (secondary N) is 1. The van der Waals surface area contributed by atoms with Crippen molar-refractivity contribution in [2.24, 2.45) is 4.99 Å². The van der Waals surface area contributed by atoms with Crippen LogP contribution in [-0.2, 0) is 17.7 Å². The molecule has 1 N–H and O–H groups in total. The van der Waals surface area contributed by atoms with Gasteiger partial charge in [-0.2, -0.15) is 0 Å². The zero-order valence-corrected chi connectivity index (χ0v) is 18.2. The highest BCUT2D eigenvalue weighted by atomic mass is 127. The van der Waals surface area contributed by atoms with E-state index in [2.05, 4.69) is 10.3 Å². The second-order valence-electron chi connectivity index (χ2n) is 5.78. The minimum absolute atomic E-state index is 0. The first-order valence-corrected chi connectivity index (χ1v) is 8.47. The molecule has 2 rings (SSSR count). The number of ether oxygens (including phenoxy) is 2. The van der Waals surface area contributed by atoms with Gasteiger partial charge in [0, 0.05) is 33.7 Å². The average molecular weight is 491 g/mol. The molecule has 0 amide bonds. The summed E-state index contributed by atoms with van der Waals surface area (Å²) in [6.45, 7) is 2.27. The van der Waals surface area contributed by atoms with Crippen LogP contribution in [-0.4, -0.2) is 51.8 Å². The first kappa shape index (κ1) is 23.2. The zero-order chi connectivity index (χ0) is 18.8. The number of nitrogens with zero attached hydrogens (tertiary/aromatic N) is 2. The fraction of sp³-hybridized carbons (Fsp3) is 0.421. The lowest BCUT2D eigenvalue weighted by atomic mass is 10.2. The molecule has 0 saturated carbocycles. The number of methoxy groups -OCH3 is 2. The van der Waals surface area contributed by atoms with Crippen molar-refractivity contribution in [3.05, 3.63) is 53.7 Å². The smallest absolute Gasteiger partial charge is 0.194 e. The number of hydrogen-bond donors (Lipinski definition) is 1. The third-order valence-corrected chi connectivity index (χ3v) is 3.79. The van der Waals surface area contributed by atoms with Crippen LogP contribution in [0.25, 0.3) is 0 Å². The quantitative estimate of drug-likeness (QED) is 0.253. The molecule has 8 heteroatoms. The van der Waals surface area contributed by atoms with Gasteiger partial charge in [-0.1, -0.05) is 6.07 Å². The van der Waals surface area contributed by atoms with E-state index in [0.29, 0.717) is 26.2 Å². The number of furan rings is 1. The Hall–Kier alpha value is -1.81. The molecule has 2 aromatic rings. The molecule has 150 valence electrons. The summed E-state index contributed by atoms with van der Waals surface area (Å²) in [7, 11) is 5.00. The van der Waals surface area contributed by atoms with Crippen LogP contribution in [0.3, 0.4) is 0 Å². The predicted octanol–water partition coefficient (Wildman–Crippen LogP) is 3.31. The molecule has 6 nitrogen and oxygen atoms in total. The highest BCUT2D eigenvalue weighted by molar-refractivity contribution is 14.0. The van der Waals surface area contributed by atoms with Crippen molar-refractivity contribution in [2.45, 2.75) is 13.0 Å². The summed E-state index contributed by atoms with van der Waals surface area (Å²) >= 11 is 0. The molecule has 0 radical (unpaired) electrons. The Bertz CT molecular complexity index is 696. The molecule has 1 aromatic heterocycles. The second kappa shape index (κ2) is 12.6. The molecule has 0 atom stereocenters. The summed E-state index contributed by atoms with van der Waals surface area (Å²) < 4.78 is 29.3. The van der Waals surface area contributed by atoms with Crippen LogP contribution >= 0.6 is 24.0 Å². The van der Waals surface area contributed by atoms with E-state index in [9.17, 15) is 4.39 Å². The Kier molecular flexibility index (Phi) is 10.8. The predicted molar refractivity (Wildman–Crippen MR) is 114 cm³/mol. The van der Waals surface area contributed by atoms with E-state index >= 15 is 0 Å². The zero-order valence-electron chi connectivity index (χ0n) is 15.9. The van der Waals surface area contributed by atoms with Gasteiger partial charge in [-0.25, -0.2) is 4.39 Å². The van der Waals surface area contributed by atoms with E-state index < -0.39 is 0 Å². The van der Waals surface area contributed by atoms with E-state index in [4.69, 9.17) is 13.9 Å². The molecule has 0 aliphatic carbocycles. The maximum atomic E-state index is 13.9. The van der Waals surface area contributed by atoms with Crippen molar-refractivity contribution in [1.82, 2.24) is 10.2 Å². The number of aliphatic imine (C=N–C) groups is 1. The lowest BCUT2D eigenvalue weighted by Crippen LogP contribution is -2.39. The Morgan fingerprint density at radius 1 is 1.30 bits per heavy atom. The molecular weight excluding hydrogens is 464 g/mol. The molecule has 0 saturated heterocycles. The van der Waals surface area contributed by atoms with Gasteiger partial charge >= 0.3 is 0 Å². The van der Waals surface area contributed by atoms with Gasteiger partial charge in [-0.15, -0.1) is 24.0 Å². The number of rotatable bonds is 9. The van der Waals surface area contributed by atoms with Crippen molar-refractivity contribution in [3.63, 3.8) is 0 Å². The number of guanidine groups is 1. The normalized spacial score (nSPS) is 11.0. The molecule has 0 unspecified atom stereocenters. The number of halogens is 2. The van der Waals surface area contributed by atoms with Crippen molar-refractivity contribution in [3.8, 4) is 5.75 Å². The lowest BCUT2D eigenvalue weighted by molar-refractivity contribution is 0.207. The average Bonchev–Trinajstić information content (AvgIpc) is 3.14. The summed E-state index contributed by atoms with van der Waals surface area (Å²) in [4.78, 5) is 6.49. The molecule has 0 fully saturated rings. The molecule has 1 heterocycles. The molecule has 0 spiro atoms. The summed E-state index contributed by atoms with van der Waals surface area (Å²) in [5, 5.41) is 3.32. The Balaban J connectivity index is 0.00000364. The fourth-order valence-corrected chi connectivity index (χ4v) is 2.46. The van der Waals surface area contributed by atoms with E-state index in [0.717, 1.165) is 23.7 Å². The van der Waals surface area contributed by atoms with Crippen LogP contribution in [0.2, 0.25) is 0 Å². The maximum absolute atomic E-state index is 13.9. The summed E-state index contributed by atoms with van der Waals surface area (Å²) in [5.74, 6) is 1.50. The first-order valence-electron chi connectivity index (χ1n) is 8.47. The van der Waals surface area contributed by atoms with Crippen LogP contribution in [0, 0.1) is 5.82 Å². The van der Waals surface area contributed by atoms with Crippen molar-refractivity contribution >= 4 is 29.9 Å². The summed E-state index contributed by atoms with van der Waals surface area (Å²) in [6.07, 6.45) is 2.41. The van der Waals surface area contributed by atoms with E-state index in [-0.39, 0.29) is 35.5 Å². The van der Waals surface area contributed by atoms with Gasteiger partial charge in [0.25, 0.3) is 0 Å². The van der Waals surface area contributed by atoms with Crippen molar-refractivity contribution < 1.29 is 18.3 Å². The summed E-state index contributed by atoms with van der Waals surface area (Å²) in [6, 6.07) is 8.75. The maximum Gasteiger partial charge on any atom is 0.194 e. The number of benzene rings is 1. The van der Waals surface area contributed by atoms with Gasteiger partial charge in [0.05, 0.1) is 26.5 Å². The second-order valence-corrected chi connectivity index (χ2v) is 5.78. The van der Waals surface area contributed by atoms with Crippen LogP contribution in [0.1, 0.15) is 11.3 Å². The Labute approximate surface area is 176 Å². The van der Waals surface area contributed by atoms with Gasteiger partial charge in [0.1, 0.15) is 5.76 Å². The lowest BCUT2D eigenvalue weighted by Gasteiger charge is -2.23. The Morgan fingerprint density at radius 2 is 2.11 bits per heavy atom. The topological polar surface area (TPSA) is 59.2 Å². The van der Waals surface area contributed by atoms with Gasteiger partial charge in [-0.3, -0.25) is 4.99 Å². The fourth-order valence-electron chi connectivity index (χ4n) is 2.46. The van der Waals surface area contributed by atoms with Crippen LogP contribution in [0.15, 0.2) is 46.0 Å². The highest BCUT2D eigenvalue weighted by Gasteiger charge is 2.10. The third-order valence-electron chi connectivity index (χ3n) is 3.79. The molecular formula is C19H27FIN3O3. The minimum atomic E-state index is -0.373. The van der Waals surface area contributed by atoms with Gasteiger partial charge in [0.2, 0.25) is 0 Å². The van der Waals surface area contributed by atoms with E-state index in [1.807, 2.05) is 30.1 Å². The van der Waals surface area contributed by atoms with Crippen LogP contribution in [0.4, 0.5) is 4.39 Å². The molecule has 0 aliphatic heterocycles. The first-order chi connectivity index (χ1) is 12.6. The molecule has 0 bridgehead atoms. The molecule has 0 aliphatic rings. The van der Waals surface area contributed by atoms with E-state index in [1.54, 1.807) is 19.4 Å².